The molecule has 0 spiro atoms. The number of hydrogen-bond acceptors (Lipinski definition) is 0. The molecule has 0 saturated carbocycles. The maximum absolute atomic E-state index is 2.23. The van der Waals surface area contributed by atoms with E-state index in [2.05, 4.69) is 29.1 Å². The minimum Gasteiger partial charge on any atom is -0.354 e. The van der Waals surface area contributed by atoms with Crippen LogP contribution in [0.4, 0.5) is 0 Å². The van der Waals surface area contributed by atoms with Crippen molar-refractivity contribution in [1.29, 1.82) is 0 Å². The molecule has 0 N–H and O–H groups in total. The van der Waals surface area contributed by atoms with Crippen molar-refractivity contribution < 1.29 is 0 Å². The van der Waals surface area contributed by atoms with Crippen molar-refractivity contribution >= 4 is 10.2 Å². The largest absolute Gasteiger partial charge is 0.354 e. The number of rotatable bonds is 3. The molecule has 2 heteroatoms. The second-order valence-electron chi connectivity index (χ2n) is 2.27. The first-order valence-corrected chi connectivity index (χ1v) is 4.95. The summed E-state index contributed by atoms with van der Waals surface area (Å²) in [5.74, 6) is 0. The highest BCUT2D eigenvalue weighted by Gasteiger charge is 1.84. The maximum Gasteiger partial charge on any atom is 0.0216 e. The third-order valence-electron chi connectivity index (χ3n) is 1.44. The summed E-state index contributed by atoms with van der Waals surface area (Å²) in [6, 6.07) is 5.57. The van der Waals surface area contributed by atoms with Gasteiger partial charge in [0.05, 0.1) is 0 Å². The van der Waals surface area contributed by atoms with Crippen LogP contribution in [-0.4, -0.2) is 14.8 Å². The summed E-state index contributed by atoms with van der Waals surface area (Å²) in [6.45, 7) is 1.20. The zero-order valence-corrected chi connectivity index (χ0v) is 7.88. The summed E-state index contributed by atoms with van der Waals surface area (Å²) in [4.78, 5) is 0. The number of aromatic nitrogens is 1. The summed E-state index contributed by atoms with van der Waals surface area (Å²) in [6.07, 6.45) is 5.59. The molecule has 0 aliphatic carbocycles. The van der Waals surface area contributed by atoms with E-state index in [1.165, 1.54) is 29.3 Å². The van der Waals surface area contributed by atoms with E-state index in [0.29, 0.717) is 0 Å². The van der Waals surface area contributed by atoms with E-state index in [9.17, 15) is 0 Å². The Morgan fingerprint density at radius 2 is 1.89 bits per heavy atom. The summed E-state index contributed by atoms with van der Waals surface area (Å²) in [5, 5.41) is 0. The molecule has 0 amide bonds. The Morgan fingerprint density at radius 3 is 2.44 bits per heavy atom. The van der Waals surface area contributed by atoms with Gasteiger partial charge < -0.3 is 4.57 Å². The SMILES string of the molecule is [SiH3]CCCn1cccc1. The van der Waals surface area contributed by atoms with Gasteiger partial charge in [0.25, 0.3) is 0 Å². The van der Waals surface area contributed by atoms with Crippen LogP contribution < -0.4 is 0 Å². The summed E-state index contributed by atoms with van der Waals surface area (Å²) < 4.78 is 2.23. The van der Waals surface area contributed by atoms with Crippen molar-refractivity contribution in [2.45, 2.75) is 19.0 Å². The van der Waals surface area contributed by atoms with Gasteiger partial charge in [-0.15, -0.1) is 0 Å². The fraction of sp³-hybridized carbons (Fsp3) is 0.429. The third kappa shape index (κ3) is 2.06. The maximum atomic E-state index is 2.23. The normalized spacial score (nSPS) is 10.2. The van der Waals surface area contributed by atoms with Gasteiger partial charge in [-0.1, -0.05) is 6.04 Å². The Kier molecular flexibility index (Phi) is 2.58. The molecule has 1 nitrogen and oxygen atoms in total. The van der Waals surface area contributed by atoms with Crippen LogP contribution in [0.25, 0.3) is 0 Å². The van der Waals surface area contributed by atoms with Crippen LogP contribution in [0.3, 0.4) is 0 Å². The quantitative estimate of drug-likeness (QED) is 0.542. The van der Waals surface area contributed by atoms with Crippen molar-refractivity contribution in [3.05, 3.63) is 24.5 Å². The molecule has 1 aromatic rings. The molecule has 0 radical (unpaired) electrons. The number of aryl methyl sites for hydroxylation is 1. The molecule has 1 aromatic heterocycles. The van der Waals surface area contributed by atoms with Gasteiger partial charge in [-0.05, 0) is 18.6 Å². The lowest BCUT2D eigenvalue weighted by atomic mass is 10.5. The molecule has 1 heterocycles. The van der Waals surface area contributed by atoms with Crippen molar-refractivity contribution in [1.82, 2.24) is 4.57 Å². The van der Waals surface area contributed by atoms with E-state index in [1.54, 1.807) is 0 Å². The smallest absolute Gasteiger partial charge is 0.0216 e. The van der Waals surface area contributed by atoms with E-state index >= 15 is 0 Å². The first-order chi connectivity index (χ1) is 4.43. The molecule has 9 heavy (non-hydrogen) atoms. The van der Waals surface area contributed by atoms with Crippen molar-refractivity contribution in [3.63, 3.8) is 0 Å². The van der Waals surface area contributed by atoms with Gasteiger partial charge in [0, 0.05) is 29.2 Å². The molecule has 0 unspecified atom stereocenters. The van der Waals surface area contributed by atoms with Gasteiger partial charge in [0.2, 0.25) is 0 Å². The first-order valence-electron chi connectivity index (χ1n) is 3.54. The van der Waals surface area contributed by atoms with E-state index in [4.69, 9.17) is 0 Å². The molecule has 0 aliphatic rings. The molecule has 0 atom stereocenters. The van der Waals surface area contributed by atoms with Gasteiger partial charge in [-0.25, -0.2) is 0 Å². The second kappa shape index (κ2) is 3.51. The lowest BCUT2D eigenvalue weighted by Gasteiger charge is -1.97. The van der Waals surface area contributed by atoms with Gasteiger partial charge in [-0.3, -0.25) is 0 Å². The third-order valence-corrected chi connectivity index (χ3v) is 2.14. The first kappa shape index (κ1) is 6.61. The molecule has 50 valence electrons. The van der Waals surface area contributed by atoms with E-state index < -0.39 is 0 Å². The minimum absolute atomic E-state index is 1.20. The zero-order chi connectivity index (χ0) is 6.53. The lowest BCUT2D eigenvalue weighted by molar-refractivity contribution is 0.683. The topological polar surface area (TPSA) is 4.93 Å². The van der Waals surface area contributed by atoms with E-state index in [0.717, 1.165) is 0 Å². The summed E-state index contributed by atoms with van der Waals surface area (Å²) >= 11 is 0. The lowest BCUT2D eigenvalue weighted by Crippen LogP contribution is -1.92. The molecule has 0 aromatic carbocycles. The van der Waals surface area contributed by atoms with Crippen LogP contribution in [0, 0.1) is 0 Å². The Morgan fingerprint density at radius 1 is 1.22 bits per heavy atom. The van der Waals surface area contributed by atoms with E-state index in [1.807, 2.05) is 0 Å². The molecule has 0 bridgehead atoms. The molecule has 0 fully saturated rings. The highest BCUT2D eigenvalue weighted by atomic mass is 28.1. The average molecular weight is 139 g/mol. The molecule has 0 saturated heterocycles. The fourth-order valence-corrected chi connectivity index (χ4v) is 1.18. The Labute approximate surface area is 59.1 Å². The van der Waals surface area contributed by atoms with Crippen LogP contribution >= 0.6 is 0 Å². The Bertz CT molecular complexity index is 146. The van der Waals surface area contributed by atoms with Crippen LogP contribution in [0.1, 0.15) is 6.42 Å². The fourth-order valence-electron chi connectivity index (χ4n) is 0.860. The van der Waals surface area contributed by atoms with Crippen LogP contribution in [0.2, 0.25) is 6.04 Å². The Balaban J connectivity index is 2.30. The predicted molar refractivity (Wildman–Crippen MR) is 43.8 cm³/mol. The molecule has 0 aliphatic heterocycles. The predicted octanol–water partition coefficient (Wildman–Crippen LogP) is 0.662. The number of nitrogens with zero attached hydrogens (tertiary/aromatic N) is 1. The van der Waals surface area contributed by atoms with Crippen LogP contribution in [0.5, 0.6) is 0 Å². The van der Waals surface area contributed by atoms with E-state index in [-0.39, 0.29) is 0 Å². The number of hydrogen-bond donors (Lipinski definition) is 0. The molecular formula is C7H13NSi. The van der Waals surface area contributed by atoms with Gasteiger partial charge >= 0.3 is 0 Å². The zero-order valence-electron chi connectivity index (χ0n) is 5.88. The summed E-state index contributed by atoms with van der Waals surface area (Å²) in [5.41, 5.74) is 0. The van der Waals surface area contributed by atoms with Gasteiger partial charge in [0.15, 0.2) is 0 Å². The van der Waals surface area contributed by atoms with Crippen molar-refractivity contribution in [2.75, 3.05) is 0 Å². The molecular weight excluding hydrogens is 126 g/mol. The molecule has 1 rings (SSSR count). The van der Waals surface area contributed by atoms with Crippen LogP contribution in [-0.2, 0) is 6.54 Å². The van der Waals surface area contributed by atoms with Crippen molar-refractivity contribution in [2.24, 2.45) is 0 Å². The van der Waals surface area contributed by atoms with Gasteiger partial charge in [-0.2, -0.15) is 0 Å². The minimum atomic E-state index is 1.20. The van der Waals surface area contributed by atoms with Gasteiger partial charge in [0.1, 0.15) is 0 Å². The second-order valence-corrected chi connectivity index (χ2v) is 3.27. The standard InChI is InChI=1S/C7H13NSi/c9-7-3-6-8-4-1-2-5-8/h1-2,4-5H,3,6-7H2,9H3. The Hall–Kier alpha value is -0.503. The van der Waals surface area contributed by atoms with Crippen LogP contribution in [0.15, 0.2) is 24.5 Å². The highest BCUT2D eigenvalue weighted by Crippen LogP contribution is 1.94. The van der Waals surface area contributed by atoms with Crippen molar-refractivity contribution in [3.8, 4) is 0 Å². The average Bonchev–Trinajstić information content (AvgIpc) is 2.34. The summed E-state index contributed by atoms with van der Waals surface area (Å²) in [7, 11) is 1.35. The highest BCUT2D eigenvalue weighted by molar-refractivity contribution is 6.08. The monoisotopic (exact) mass is 139 g/mol.